The average Bonchev–Trinajstić information content (AvgIpc) is 3.31. The third-order valence-electron chi connectivity index (χ3n) is 4.67. The monoisotopic (exact) mass is 283 g/mol. The van der Waals surface area contributed by atoms with Crippen LogP contribution in [0.15, 0.2) is 0 Å². The molecule has 0 aliphatic heterocycles. The summed E-state index contributed by atoms with van der Waals surface area (Å²) in [6.07, 6.45) is 10.3. The number of ether oxygens (including phenoxy) is 1. The molecule has 2 saturated carbocycles. The van der Waals surface area contributed by atoms with E-state index < -0.39 is 0 Å². The van der Waals surface area contributed by atoms with Crippen molar-refractivity contribution in [3.63, 3.8) is 0 Å². The zero-order valence-electron chi connectivity index (χ0n) is 13.2. The fraction of sp³-hybridized carbons (Fsp3) is 1.00. The second-order valence-corrected chi connectivity index (χ2v) is 6.79. The van der Waals surface area contributed by atoms with Crippen molar-refractivity contribution in [2.45, 2.75) is 64.4 Å². The summed E-state index contributed by atoms with van der Waals surface area (Å²) in [6, 6.07) is 0. The van der Waals surface area contributed by atoms with Gasteiger partial charge in [0.05, 0.1) is 12.7 Å². The summed E-state index contributed by atoms with van der Waals surface area (Å²) in [7, 11) is 0. The predicted octanol–water partition coefficient (Wildman–Crippen LogP) is 2.97. The van der Waals surface area contributed by atoms with E-state index in [2.05, 4.69) is 12.2 Å². The van der Waals surface area contributed by atoms with E-state index in [-0.39, 0.29) is 6.10 Å². The summed E-state index contributed by atoms with van der Waals surface area (Å²) < 4.78 is 5.53. The van der Waals surface area contributed by atoms with Gasteiger partial charge in [0.2, 0.25) is 0 Å². The summed E-state index contributed by atoms with van der Waals surface area (Å²) in [5.41, 5.74) is 0. The standard InChI is InChI=1S/C17H33NO2/c1-2-3-4-5-10-20-13-16(19)11-18-12-17(14-6-7-14)15-8-9-15/h14-19H,2-13H2,1H3. The van der Waals surface area contributed by atoms with Crippen LogP contribution >= 0.6 is 0 Å². The molecule has 3 heteroatoms. The molecule has 0 aromatic heterocycles. The molecule has 0 aromatic rings. The Morgan fingerprint density at radius 2 is 1.75 bits per heavy atom. The molecule has 0 bridgehead atoms. The first-order chi connectivity index (χ1) is 9.81. The van der Waals surface area contributed by atoms with Gasteiger partial charge in [-0.25, -0.2) is 0 Å². The van der Waals surface area contributed by atoms with Crippen molar-refractivity contribution < 1.29 is 9.84 Å². The number of hydrogen-bond acceptors (Lipinski definition) is 3. The topological polar surface area (TPSA) is 41.5 Å². The molecular weight excluding hydrogens is 250 g/mol. The van der Waals surface area contributed by atoms with Gasteiger partial charge in [-0.15, -0.1) is 0 Å². The number of aliphatic hydroxyl groups excluding tert-OH is 1. The summed E-state index contributed by atoms with van der Waals surface area (Å²) in [5, 5.41) is 13.3. The molecule has 2 N–H and O–H groups in total. The van der Waals surface area contributed by atoms with Gasteiger partial charge in [-0.3, -0.25) is 0 Å². The molecule has 118 valence electrons. The van der Waals surface area contributed by atoms with Gasteiger partial charge in [-0.05, 0) is 56.4 Å². The highest BCUT2D eigenvalue weighted by molar-refractivity contribution is 4.92. The Morgan fingerprint density at radius 1 is 1.05 bits per heavy atom. The molecule has 1 atom stereocenters. The Balaban J connectivity index is 1.42. The van der Waals surface area contributed by atoms with Gasteiger partial charge < -0.3 is 15.2 Å². The molecule has 2 aliphatic carbocycles. The minimum Gasteiger partial charge on any atom is -0.389 e. The van der Waals surface area contributed by atoms with Crippen LogP contribution in [-0.2, 0) is 4.74 Å². The molecule has 2 rings (SSSR count). The van der Waals surface area contributed by atoms with Gasteiger partial charge in [0, 0.05) is 13.2 Å². The van der Waals surface area contributed by atoms with Crippen molar-refractivity contribution in [3.8, 4) is 0 Å². The van der Waals surface area contributed by atoms with Crippen LogP contribution in [0.5, 0.6) is 0 Å². The molecule has 0 saturated heterocycles. The SMILES string of the molecule is CCCCCCOCC(O)CNCC(C1CC1)C1CC1. The van der Waals surface area contributed by atoms with Crippen LogP contribution in [0.2, 0.25) is 0 Å². The molecule has 0 amide bonds. The van der Waals surface area contributed by atoms with Gasteiger partial charge in [0.15, 0.2) is 0 Å². The van der Waals surface area contributed by atoms with Gasteiger partial charge in [-0.1, -0.05) is 26.2 Å². The van der Waals surface area contributed by atoms with Crippen molar-refractivity contribution in [1.29, 1.82) is 0 Å². The van der Waals surface area contributed by atoms with Crippen LogP contribution in [0.1, 0.15) is 58.3 Å². The minimum atomic E-state index is -0.347. The smallest absolute Gasteiger partial charge is 0.0897 e. The minimum absolute atomic E-state index is 0.347. The third kappa shape index (κ3) is 6.55. The van der Waals surface area contributed by atoms with Crippen molar-refractivity contribution in [2.24, 2.45) is 17.8 Å². The first-order valence-electron chi connectivity index (χ1n) is 8.77. The zero-order chi connectivity index (χ0) is 14.2. The van der Waals surface area contributed by atoms with Crippen LogP contribution in [0.25, 0.3) is 0 Å². The lowest BCUT2D eigenvalue weighted by Crippen LogP contribution is -2.34. The Hall–Kier alpha value is -0.120. The number of nitrogens with one attached hydrogen (secondary N) is 1. The van der Waals surface area contributed by atoms with Gasteiger partial charge in [-0.2, -0.15) is 0 Å². The van der Waals surface area contributed by atoms with Crippen LogP contribution in [0.3, 0.4) is 0 Å². The quantitative estimate of drug-likeness (QED) is 0.511. The van der Waals surface area contributed by atoms with E-state index in [1.807, 2.05) is 0 Å². The lowest BCUT2D eigenvalue weighted by molar-refractivity contribution is 0.0348. The Labute approximate surface area is 124 Å². The van der Waals surface area contributed by atoms with E-state index in [4.69, 9.17) is 4.74 Å². The van der Waals surface area contributed by atoms with E-state index in [0.29, 0.717) is 13.2 Å². The molecule has 0 aromatic carbocycles. The number of hydrogen-bond donors (Lipinski definition) is 2. The van der Waals surface area contributed by atoms with E-state index in [1.54, 1.807) is 0 Å². The summed E-state index contributed by atoms with van der Waals surface area (Å²) in [6.45, 7) is 5.28. The zero-order valence-corrected chi connectivity index (χ0v) is 13.2. The molecule has 0 radical (unpaired) electrons. The van der Waals surface area contributed by atoms with E-state index in [0.717, 1.165) is 37.3 Å². The van der Waals surface area contributed by atoms with Gasteiger partial charge in [0.1, 0.15) is 0 Å². The van der Waals surface area contributed by atoms with Crippen molar-refractivity contribution in [2.75, 3.05) is 26.3 Å². The molecule has 2 fully saturated rings. The normalized spacial score (nSPS) is 20.6. The number of unbranched alkanes of at least 4 members (excludes halogenated alkanes) is 3. The van der Waals surface area contributed by atoms with Gasteiger partial charge in [0.25, 0.3) is 0 Å². The lowest BCUT2D eigenvalue weighted by Gasteiger charge is -2.18. The van der Waals surface area contributed by atoms with Crippen LogP contribution < -0.4 is 5.32 Å². The molecular formula is C17H33NO2. The molecule has 0 spiro atoms. The fourth-order valence-corrected chi connectivity index (χ4v) is 3.09. The summed E-state index contributed by atoms with van der Waals surface area (Å²) >= 11 is 0. The highest BCUT2D eigenvalue weighted by Crippen LogP contribution is 2.48. The average molecular weight is 283 g/mol. The highest BCUT2D eigenvalue weighted by Gasteiger charge is 2.40. The summed E-state index contributed by atoms with van der Waals surface area (Å²) in [4.78, 5) is 0. The molecule has 2 aliphatic rings. The van der Waals surface area contributed by atoms with Crippen molar-refractivity contribution in [1.82, 2.24) is 5.32 Å². The summed E-state index contributed by atoms with van der Waals surface area (Å²) in [5.74, 6) is 2.86. The Bertz CT molecular complexity index is 239. The van der Waals surface area contributed by atoms with Gasteiger partial charge >= 0.3 is 0 Å². The van der Waals surface area contributed by atoms with E-state index in [9.17, 15) is 5.11 Å². The molecule has 0 heterocycles. The molecule has 20 heavy (non-hydrogen) atoms. The lowest BCUT2D eigenvalue weighted by atomic mass is 9.98. The first kappa shape index (κ1) is 16.3. The molecule has 3 nitrogen and oxygen atoms in total. The Morgan fingerprint density at radius 3 is 2.35 bits per heavy atom. The van der Waals surface area contributed by atoms with Crippen LogP contribution in [0, 0.1) is 17.8 Å². The second-order valence-electron chi connectivity index (χ2n) is 6.79. The fourth-order valence-electron chi connectivity index (χ4n) is 3.09. The van der Waals surface area contributed by atoms with E-state index in [1.165, 1.54) is 44.9 Å². The largest absolute Gasteiger partial charge is 0.389 e. The second kappa shape index (κ2) is 9.01. The van der Waals surface area contributed by atoms with Crippen molar-refractivity contribution in [3.05, 3.63) is 0 Å². The van der Waals surface area contributed by atoms with Crippen LogP contribution in [-0.4, -0.2) is 37.5 Å². The number of aliphatic hydroxyl groups is 1. The van der Waals surface area contributed by atoms with Crippen LogP contribution in [0.4, 0.5) is 0 Å². The van der Waals surface area contributed by atoms with E-state index >= 15 is 0 Å². The Kier molecular flexibility index (Phi) is 7.32. The third-order valence-corrected chi connectivity index (χ3v) is 4.67. The highest BCUT2D eigenvalue weighted by atomic mass is 16.5. The number of rotatable bonds is 13. The first-order valence-corrected chi connectivity index (χ1v) is 8.77. The predicted molar refractivity (Wildman–Crippen MR) is 82.8 cm³/mol. The maximum Gasteiger partial charge on any atom is 0.0897 e. The maximum atomic E-state index is 9.89. The van der Waals surface area contributed by atoms with Crippen molar-refractivity contribution >= 4 is 0 Å². The molecule has 1 unspecified atom stereocenters. The maximum absolute atomic E-state index is 9.89.